The first-order valence-electron chi connectivity index (χ1n) is 5.78. The maximum absolute atomic E-state index is 11.9. The van der Waals surface area contributed by atoms with Crippen molar-refractivity contribution in [3.8, 4) is 0 Å². The molecule has 1 aromatic rings. The predicted molar refractivity (Wildman–Crippen MR) is 63.7 cm³/mol. The maximum atomic E-state index is 11.9. The zero-order chi connectivity index (χ0) is 13.0. The molecule has 5 nitrogen and oxygen atoms in total. The summed E-state index contributed by atoms with van der Waals surface area (Å²) in [4.78, 5) is 11.9. The monoisotopic (exact) mass is 240 g/mol. The van der Waals surface area contributed by atoms with Gasteiger partial charge in [0, 0.05) is 18.7 Å². The van der Waals surface area contributed by atoms with Crippen molar-refractivity contribution in [2.75, 3.05) is 13.2 Å². The third kappa shape index (κ3) is 3.30. The molecule has 0 saturated heterocycles. The van der Waals surface area contributed by atoms with Gasteiger partial charge in [0.2, 0.25) is 5.91 Å². The summed E-state index contributed by atoms with van der Waals surface area (Å²) in [5.74, 6) is 0.392. The highest BCUT2D eigenvalue weighted by molar-refractivity contribution is 5.83. The second kappa shape index (κ2) is 5.82. The molecule has 5 heteroatoms. The van der Waals surface area contributed by atoms with Gasteiger partial charge in [0.15, 0.2) is 0 Å². The van der Waals surface area contributed by atoms with E-state index in [0.717, 1.165) is 11.3 Å². The Morgan fingerprint density at radius 1 is 1.47 bits per heavy atom. The zero-order valence-corrected chi connectivity index (χ0v) is 10.8. The number of carbonyl (C=O) groups is 1. The smallest absolute Gasteiger partial charge is 0.227 e. The minimum atomic E-state index is -0.285. The lowest BCUT2D eigenvalue weighted by Crippen LogP contribution is -2.33. The highest BCUT2D eigenvalue weighted by Gasteiger charge is 2.22. The molecule has 0 aliphatic rings. The number of nitrogens with zero attached hydrogens (tertiary/aromatic N) is 1. The molecule has 17 heavy (non-hydrogen) atoms. The Morgan fingerprint density at radius 2 is 2.12 bits per heavy atom. The third-order valence-electron chi connectivity index (χ3n) is 2.85. The molecule has 2 N–H and O–H groups in total. The van der Waals surface area contributed by atoms with Gasteiger partial charge in [-0.25, -0.2) is 0 Å². The van der Waals surface area contributed by atoms with Crippen LogP contribution in [-0.4, -0.2) is 29.3 Å². The summed E-state index contributed by atoms with van der Waals surface area (Å²) in [6.45, 7) is 7.87. The van der Waals surface area contributed by atoms with E-state index < -0.39 is 0 Å². The van der Waals surface area contributed by atoms with Crippen molar-refractivity contribution >= 4 is 5.91 Å². The van der Waals surface area contributed by atoms with Gasteiger partial charge in [0.25, 0.3) is 0 Å². The highest BCUT2D eigenvalue weighted by atomic mass is 16.5. The normalized spacial score (nSPS) is 14.4. The Kier molecular flexibility index (Phi) is 4.69. The van der Waals surface area contributed by atoms with E-state index in [9.17, 15) is 4.79 Å². The van der Waals surface area contributed by atoms with E-state index in [2.05, 4.69) is 10.5 Å². The Labute approximate surface area is 101 Å². The van der Waals surface area contributed by atoms with Gasteiger partial charge in [-0.3, -0.25) is 4.79 Å². The fraction of sp³-hybridized carbons (Fsp3) is 0.667. The average Bonchev–Trinajstić information content (AvgIpc) is 2.64. The van der Waals surface area contributed by atoms with Crippen LogP contribution in [-0.2, 0) is 4.79 Å². The first-order chi connectivity index (χ1) is 7.97. The third-order valence-corrected chi connectivity index (χ3v) is 2.85. The molecule has 0 spiro atoms. The lowest BCUT2D eigenvalue weighted by Gasteiger charge is -2.14. The summed E-state index contributed by atoms with van der Waals surface area (Å²) < 4.78 is 5.04. The van der Waals surface area contributed by atoms with Crippen LogP contribution in [0.15, 0.2) is 4.52 Å². The molecule has 1 rings (SSSR count). The van der Waals surface area contributed by atoms with Crippen LogP contribution in [0, 0.1) is 19.8 Å². The van der Waals surface area contributed by atoms with E-state index in [0.29, 0.717) is 12.3 Å². The molecule has 0 fully saturated rings. The molecule has 96 valence electrons. The topological polar surface area (TPSA) is 75.4 Å². The number of aliphatic hydroxyl groups excluding tert-OH is 1. The van der Waals surface area contributed by atoms with E-state index in [1.165, 1.54) is 0 Å². The minimum Gasteiger partial charge on any atom is -0.396 e. The van der Waals surface area contributed by atoms with E-state index in [1.807, 2.05) is 20.8 Å². The molecule has 0 aliphatic heterocycles. The quantitative estimate of drug-likeness (QED) is 0.809. The molecule has 0 saturated carbocycles. The van der Waals surface area contributed by atoms with Crippen LogP contribution in [0.4, 0.5) is 0 Å². The van der Waals surface area contributed by atoms with Gasteiger partial charge in [0.1, 0.15) is 5.76 Å². The summed E-state index contributed by atoms with van der Waals surface area (Å²) in [5.41, 5.74) is 1.60. The molecular weight excluding hydrogens is 220 g/mol. The van der Waals surface area contributed by atoms with Gasteiger partial charge in [0.05, 0.1) is 11.6 Å². The number of hydrogen-bond acceptors (Lipinski definition) is 4. The van der Waals surface area contributed by atoms with E-state index in [-0.39, 0.29) is 24.3 Å². The first-order valence-corrected chi connectivity index (χ1v) is 5.78. The maximum Gasteiger partial charge on any atom is 0.227 e. The molecule has 0 aliphatic carbocycles. The van der Waals surface area contributed by atoms with Crippen molar-refractivity contribution in [2.24, 2.45) is 5.92 Å². The number of aliphatic hydroxyl groups is 1. The molecule has 2 atom stereocenters. The summed E-state index contributed by atoms with van der Waals surface area (Å²) in [7, 11) is 0. The van der Waals surface area contributed by atoms with Gasteiger partial charge >= 0.3 is 0 Å². The van der Waals surface area contributed by atoms with Crippen LogP contribution >= 0.6 is 0 Å². The summed E-state index contributed by atoms with van der Waals surface area (Å²) in [6, 6.07) is 0. The Morgan fingerprint density at radius 3 is 2.59 bits per heavy atom. The number of rotatable bonds is 5. The van der Waals surface area contributed by atoms with E-state index >= 15 is 0 Å². The van der Waals surface area contributed by atoms with Gasteiger partial charge in [-0.1, -0.05) is 12.1 Å². The largest absolute Gasteiger partial charge is 0.396 e. The van der Waals surface area contributed by atoms with Crippen LogP contribution in [0.5, 0.6) is 0 Å². The fourth-order valence-electron chi connectivity index (χ4n) is 1.73. The zero-order valence-electron chi connectivity index (χ0n) is 10.8. The van der Waals surface area contributed by atoms with E-state index in [4.69, 9.17) is 9.63 Å². The van der Waals surface area contributed by atoms with Gasteiger partial charge in [-0.15, -0.1) is 0 Å². The summed E-state index contributed by atoms with van der Waals surface area (Å²) >= 11 is 0. The molecule has 2 unspecified atom stereocenters. The Bertz CT molecular complexity index is 368. The van der Waals surface area contributed by atoms with Crippen molar-refractivity contribution in [3.05, 3.63) is 17.0 Å². The van der Waals surface area contributed by atoms with Crippen LogP contribution in [0.25, 0.3) is 0 Å². The van der Waals surface area contributed by atoms with Crippen molar-refractivity contribution in [1.29, 1.82) is 0 Å². The SMILES string of the molecule is Cc1noc(C)c1C(C)C(=O)NCC(C)CO. The standard InChI is InChI=1S/C12H20N2O3/c1-7(6-15)5-13-12(16)8(2)11-9(3)14-17-10(11)4/h7-8,15H,5-6H2,1-4H3,(H,13,16). The van der Waals surface area contributed by atoms with E-state index in [1.54, 1.807) is 6.92 Å². The lowest BCUT2D eigenvalue weighted by atomic mass is 9.98. The number of carbonyl (C=O) groups excluding carboxylic acids is 1. The molecule has 0 aromatic carbocycles. The number of amides is 1. The Balaban J connectivity index is 2.64. The van der Waals surface area contributed by atoms with Crippen LogP contribution < -0.4 is 5.32 Å². The van der Waals surface area contributed by atoms with Crippen LogP contribution in [0.2, 0.25) is 0 Å². The summed E-state index contributed by atoms with van der Waals surface area (Å²) in [5, 5.41) is 15.5. The number of aryl methyl sites for hydroxylation is 2. The van der Waals surface area contributed by atoms with Crippen molar-refractivity contribution < 1.29 is 14.4 Å². The number of aromatic nitrogens is 1. The second-order valence-electron chi connectivity index (χ2n) is 4.49. The minimum absolute atomic E-state index is 0.0656. The van der Waals surface area contributed by atoms with Gasteiger partial charge < -0.3 is 14.9 Å². The molecule has 1 aromatic heterocycles. The highest BCUT2D eigenvalue weighted by Crippen LogP contribution is 2.22. The molecule has 1 amide bonds. The summed E-state index contributed by atoms with van der Waals surface area (Å²) in [6.07, 6.45) is 0. The van der Waals surface area contributed by atoms with Crippen molar-refractivity contribution in [2.45, 2.75) is 33.6 Å². The second-order valence-corrected chi connectivity index (χ2v) is 4.49. The average molecular weight is 240 g/mol. The predicted octanol–water partition coefficient (Wildman–Crippen LogP) is 1.14. The first kappa shape index (κ1) is 13.7. The van der Waals surface area contributed by atoms with Gasteiger partial charge in [-0.2, -0.15) is 0 Å². The number of hydrogen-bond donors (Lipinski definition) is 2. The fourth-order valence-corrected chi connectivity index (χ4v) is 1.73. The van der Waals surface area contributed by atoms with Crippen molar-refractivity contribution in [3.63, 3.8) is 0 Å². The molecule has 1 heterocycles. The molecule has 0 radical (unpaired) electrons. The molecular formula is C12H20N2O3. The molecule has 0 bridgehead atoms. The van der Waals surface area contributed by atoms with Crippen LogP contribution in [0.3, 0.4) is 0 Å². The van der Waals surface area contributed by atoms with Gasteiger partial charge in [-0.05, 0) is 26.7 Å². The van der Waals surface area contributed by atoms with Crippen LogP contribution in [0.1, 0.15) is 36.8 Å². The Hall–Kier alpha value is -1.36. The lowest BCUT2D eigenvalue weighted by molar-refractivity contribution is -0.122. The van der Waals surface area contributed by atoms with Crippen molar-refractivity contribution in [1.82, 2.24) is 10.5 Å². The number of nitrogens with one attached hydrogen (secondary N) is 1.